The predicted molar refractivity (Wildman–Crippen MR) is 38.1 cm³/mol. The van der Waals surface area contributed by atoms with Crippen molar-refractivity contribution in [3.05, 3.63) is 0 Å². The molecule has 0 saturated heterocycles. The Morgan fingerprint density at radius 1 is 1.75 bits per heavy atom. The maximum atomic E-state index is 8.86. The molecule has 2 nitrogen and oxygen atoms in total. The van der Waals surface area contributed by atoms with Gasteiger partial charge >= 0.3 is 0 Å². The minimum absolute atomic E-state index is 0.326. The topological polar surface area (TPSA) is 23.5 Å². The van der Waals surface area contributed by atoms with Gasteiger partial charge in [-0.05, 0) is 14.0 Å². The second kappa shape index (κ2) is 4.30. The van der Waals surface area contributed by atoms with Crippen molar-refractivity contribution in [1.82, 2.24) is 4.90 Å². The van der Waals surface area contributed by atoms with Gasteiger partial charge in [0.1, 0.15) is 6.23 Å². The number of hydrogen-bond donors (Lipinski definition) is 1. The first-order valence-electron chi connectivity index (χ1n) is 2.62. The Bertz CT molecular complexity index is 58.4. The van der Waals surface area contributed by atoms with Crippen molar-refractivity contribution >= 4 is 15.9 Å². The van der Waals surface area contributed by atoms with E-state index in [9.17, 15) is 0 Å². The fourth-order valence-corrected chi connectivity index (χ4v) is 0.880. The molecule has 0 saturated carbocycles. The van der Waals surface area contributed by atoms with Crippen molar-refractivity contribution < 1.29 is 5.11 Å². The molecule has 0 aliphatic rings. The lowest BCUT2D eigenvalue weighted by Gasteiger charge is -2.17. The van der Waals surface area contributed by atoms with E-state index in [1.165, 1.54) is 0 Å². The molecule has 0 aliphatic heterocycles. The van der Waals surface area contributed by atoms with E-state index in [4.69, 9.17) is 5.11 Å². The zero-order valence-electron chi connectivity index (χ0n) is 5.26. The fraction of sp³-hybridized carbons (Fsp3) is 1.00. The van der Waals surface area contributed by atoms with Gasteiger partial charge in [0.15, 0.2) is 0 Å². The Labute approximate surface area is 58.6 Å². The number of aliphatic hydroxyl groups is 1. The number of halogens is 1. The molecule has 0 aliphatic carbocycles. The largest absolute Gasteiger partial charge is 0.379 e. The summed E-state index contributed by atoms with van der Waals surface area (Å²) in [6, 6.07) is 0. The summed E-state index contributed by atoms with van der Waals surface area (Å²) in [4.78, 5) is 1.86. The first-order chi connectivity index (χ1) is 3.68. The molecule has 1 N–H and O–H groups in total. The van der Waals surface area contributed by atoms with Crippen LogP contribution >= 0.6 is 15.9 Å². The van der Waals surface area contributed by atoms with Gasteiger partial charge in [-0.1, -0.05) is 15.9 Å². The lowest BCUT2D eigenvalue weighted by molar-refractivity contribution is 0.0434. The van der Waals surface area contributed by atoms with Crippen LogP contribution in [0.4, 0.5) is 0 Å². The van der Waals surface area contributed by atoms with Crippen molar-refractivity contribution in [2.75, 3.05) is 18.9 Å². The molecular weight excluding hydrogens is 170 g/mol. The first-order valence-corrected chi connectivity index (χ1v) is 3.75. The average molecular weight is 182 g/mol. The number of aliphatic hydroxyl groups excluding tert-OH is 1. The fourth-order valence-electron chi connectivity index (χ4n) is 0.320. The van der Waals surface area contributed by atoms with Crippen LogP contribution in [0.1, 0.15) is 6.92 Å². The van der Waals surface area contributed by atoms with E-state index in [2.05, 4.69) is 15.9 Å². The molecule has 0 aromatic rings. The Balaban J connectivity index is 3.17. The second-order valence-corrected chi connectivity index (χ2v) is 2.59. The van der Waals surface area contributed by atoms with Crippen LogP contribution in [0.5, 0.6) is 0 Å². The summed E-state index contributed by atoms with van der Waals surface area (Å²) in [6.45, 7) is 2.64. The summed E-state index contributed by atoms with van der Waals surface area (Å²) in [7, 11) is 1.88. The lowest BCUT2D eigenvalue weighted by Crippen LogP contribution is -2.29. The Hall–Kier alpha value is 0.400. The Morgan fingerprint density at radius 3 is 2.38 bits per heavy atom. The van der Waals surface area contributed by atoms with Gasteiger partial charge in [0.25, 0.3) is 0 Å². The SMILES string of the molecule is CC(O)N(C)CCBr. The molecule has 0 bridgehead atoms. The molecule has 0 fully saturated rings. The van der Waals surface area contributed by atoms with Gasteiger partial charge in [0.05, 0.1) is 0 Å². The maximum absolute atomic E-state index is 8.86. The Morgan fingerprint density at radius 2 is 2.25 bits per heavy atom. The molecule has 0 heterocycles. The second-order valence-electron chi connectivity index (χ2n) is 1.80. The van der Waals surface area contributed by atoms with Gasteiger partial charge in [0.2, 0.25) is 0 Å². The van der Waals surface area contributed by atoms with Gasteiger partial charge in [-0.25, -0.2) is 0 Å². The van der Waals surface area contributed by atoms with Crippen molar-refractivity contribution in [2.24, 2.45) is 0 Å². The van der Waals surface area contributed by atoms with Gasteiger partial charge in [-0.2, -0.15) is 0 Å². The summed E-state index contributed by atoms with van der Waals surface area (Å²) in [5.41, 5.74) is 0. The first kappa shape index (κ1) is 8.40. The van der Waals surface area contributed by atoms with Crippen molar-refractivity contribution in [3.8, 4) is 0 Å². The molecule has 50 valence electrons. The summed E-state index contributed by atoms with van der Waals surface area (Å²) in [5, 5.41) is 9.77. The summed E-state index contributed by atoms with van der Waals surface area (Å²) in [5.74, 6) is 0. The summed E-state index contributed by atoms with van der Waals surface area (Å²) >= 11 is 3.27. The normalized spacial score (nSPS) is 14.6. The maximum Gasteiger partial charge on any atom is 0.104 e. The highest BCUT2D eigenvalue weighted by Gasteiger charge is 2.00. The molecule has 0 rings (SSSR count). The smallest absolute Gasteiger partial charge is 0.104 e. The number of alkyl halides is 1. The number of nitrogens with zero attached hydrogens (tertiary/aromatic N) is 1. The highest BCUT2D eigenvalue weighted by atomic mass is 79.9. The third kappa shape index (κ3) is 3.41. The zero-order chi connectivity index (χ0) is 6.57. The third-order valence-corrected chi connectivity index (χ3v) is 1.43. The summed E-state index contributed by atoms with van der Waals surface area (Å²) in [6.07, 6.45) is -0.326. The molecule has 0 radical (unpaired) electrons. The summed E-state index contributed by atoms with van der Waals surface area (Å²) < 4.78 is 0. The van der Waals surface area contributed by atoms with E-state index < -0.39 is 0 Å². The van der Waals surface area contributed by atoms with Gasteiger partial charge in [-0.3, -0.25) is 4.90 Å². The molecule has 0 amide bonds. The lowest BCUT2D eigenvalue weighted by atomic mass is 10.5. The van der Waals surface area contributed by atoms with E-state index in [1.807, 2.05) is 11.9 Å². The van der Waals surface area contributed by atoms with Crippen LogP contribution < -0.4 is 0 Å². The Kier molecular flexibility index (Phi) is 4.51. The highest BCUT2D eigenvalue weighted by Crippen LogP contribution is 1.90. The minimum Gasteiger partial charge on any atom is -0.379 e. The van der Waals surface area contributed by atoms with E-state index in [0.29, 0.717) is 0 Å². The highest BCUT2D eigenvalue weighted by molar-refractivity contribution is 9.09. The molecule has 1 atom stereocenters. The minimum atomic E-state index is -0.326. The average Bonchev–Trinajstić information content (AvgIpc) is 1.67. The van der Waals surface area contributed by atoms with Crippen LogP contribution in [0.2, 0.25) is 0 Å². The van der Waals surface area contributed by atoms with Crippen molar-refractivity contribution in [3.63, 3.8) is 0 Å². The molecule has 0 aromatic heterocycles. The zero-order valence-corrected chi connectivity index (χ0v) is 6.85. The van der Waals surface area contributed by atoms with E-state index in [-0.39, 0.29) is 6.23 Å². The third-order valence-electron chi connectivity index (χ3n) is 1.08. The molecular formula is C5H12BrNO. The molecule has 0 spiro atoms. The predicted octanol–water partition coefficient (Wildman–Crippen LogP) is 0.651. The standard InChI is InChI=1S/C5H12BrNO/c1-5(8)7(2)4-3-6/h5,8H,3-4H2,1-2H3. The molecule has 3 heteroatoms. The van der Waals surface area contributed by atoms with E-state index in [1.54, 1.807) is 6.92 Å². The van der Waals surface area contributed by atoms with Crippen molar-refractivity contribution in [1.29, 1.82) is 0 Å². The molecule has 0 aromatic carbocycles. The number of hydrogen-bond acceptors (Lipinski definition) is 2. The van der Waals surface area contributed by atoms with E-state index in [0.717, 1.165) is 11.9 Å². The van der Waals surface area contributed by atoms with Crippen LogP contribution in [0.15, 0.2) is 0 Å². The van der Waals surface area contributed by atoms with Crippen LogP contribution in [0.3, 0.4) is 0 Å². The van der Waals surface area contributed by atoms with Gasteiger partial charge in [-0.15, -0.1) is 0 Å². The molecule has 1 unspecified atom stereocenters. The van der Waals surface area contributed by atoms with Crippen LogP contribution in [-0.4, -0.2) is 35.2 Å². The van der Waals surface area contributed by atoms with Crippen LogP contribution in [0.25, 0.3) is 0 Å². The van der Waals surface area contributed by atoms with Crippen LogP contribution in [-0.2, 0) is 0 Å². The van der Waals surface area contributed by atoms with E-state index >= 15 is 0 Å². The monoisotopic (exact) mass is 181 g/mol. The number of rotatable bonds is 3. The van der Waals surface area contributed by atoms with Crippen LogP contribution in [0, 0.1) is 0 Å². The molecule has 8 heavy (non-hydrogen) atoms. The van der Waals surface area contributed by atoms with Gasteiger partial charge in [0, 0.05) is 11.9 Å². The van der Waals surface area contributed by atoms with Crippen molar-refractivity contribution in [2.45, 2.75) is 13.2 Å². The quantitative estimate of drug-likeness (QED) is 0.511. The van der Waals surface area contributed by atoms with Gasteiger partial charge < -0.3 is 5.11 Å².